The Labute approximate surface area is 149 Å². The molecule has 5 nitrogen and oxygen atoms in total. The summed E-state index contributed by atoms with van der Waals surface area (Å²) < 4.78 is 4.88. The Bertz CT molecular complexity index is 698. The average molecular weight is 364 g/mol. The van der Waals surface area contributed by atoms with Crippen LogP contribution in [0.25, 0.3) is 0 Å². The van der Waals surface area contributed by atoms with Crippen LogP contribution in [0.15, 0.2) is 34.5 Å². The normalized spacial score (nSPS) is 11.8. The number of benzene rings is 1. The maximum Gasteiger partial charge on any atom is 0.311 e. The standard InChI is InChI=1S/C17H20N2O3S2/c1-4-22-15(20)9-13-10-23-17(18-13)19-16(21)12(3)24-14-7-5-11(2)6-8-14/h5-8,10,12H,4,9H2,1-3H3,(H,18,19,21). The first-order valence-electron chi connectivity index (χ1n) is 7.62. The van der Waals surface area contributed by atoms with E-state index in [0.717, 1.165) is 4.90 Å². The van der Waals surface area contributed by atoms with Crippen molar-refractivity contribution in [2.45, 2.75) is 37.3 Å². The lowest BCUT2D eigenvalue weighted by atomic mass is 10.2. The highest BCUT2D eigenvalue weighted by molar-refractivity contribution is 8.00. The molecule has 1 N–H and O–H groups in total. The summed E-state index contributed by atoms with van der Waals surface area (Å²) in [5, 5.41) is 4.80. The molecule has 7 heteroatoms. The predicted molar refractivity (Wildman–Crippen MR) is 97.6 cm³/mol. The molecule has 1 heterocycles. The highest BCUT2D eigenvalue weighted by atomic mass is 32.2. The molecule has 0 saturated heterocycles. The lowest BCUT2D eigenvalue weighted by Crippen LogP contribution is -2.22. The van der Waals surface area contributed by atoms with E-state index in [-0.39, 0.29) is 23.5 Å². The number of ether oxygens (including phenoxy) is 1. The van der Waals surface area contributed by atoms with Gasteiger partial charge in [-0.3, -0.25) is 9.59 Å². The summed E-state index contributed by atoms with van der Waals surface area (Å²) in [6, 6.07) is 8.06. The number of anilines is 1. The number of thiazole rings is 1. The van der Waals surface area contributed by atoms with Gasteiger partial charge >= 0.3 is 5.97 Å². The number of rotatable bonds is 7. The van der Waals surface area contributed by atoms with Crippen LogP contribution in [0.1, 0.15) is 25.1 Å². The van der Waals surface area contributed by atoms with Gasteiger partial charge in [0.1, 0.15) is 0 Å². The predicted octanol–water partition coefficient (Wildman–Crippen LogP) is 3.68. The third-order valence-electron chi connectivity index (χ3n) is 3.12. The quantitative estimate of drug-likeness (QED) is 0.600. The lowest BCUT2D eigenvalue weighted by Gasteiger charge is -2.10. The number of aryl methyl sites for hydroxylation is 1. The highest BCUT2D eigenvalue weighted by Crippen LogP contribution is 2.25. The van der Waals surface area contributed by atoms with Crippen LogP contribution < -0.4 is 5.32 Å². The molecular formula is C17H20N2O3S2. The second-order valence-corrected chi connectivity index (χ2v) is 7.46. The number of aromatic nitrogens is 1. The van der Waals surface area contributed by atoms with Crippen LogP contribution in [0, 0.1) is 6.92 Å². The van der Waals surface area contributed by atoms with Crippen molar-refractivity contribution < 1.29 is 14.3 Å². The largest absolute Gasteiger partial charge is 0.466 e. The summed E-state index contributed by atoms with van der Waals surface area (Å²) >= 11 is 2.80. The second-order valence-electron chi connectivity index (χ2n) is 5.19. The monoisotopic (exact) mass is 364 g/mol. The van der Waals surface area contributed by atoms with E-state index in [1.807, 2.05) is 38.1 Å². The van der Waals surface area contributed by atoms with Crippen molar-refractivity contribution in [1.82, 2.24) is 4.98 Å². The summed E-state index contributed by atoms with van der Waals surface area (Å²) in [5.74, 6) is -0.429. The first kappa shape index (κ1) is 18.5. The van der Waals surface area contributed by atoms with Crippen LogP contribution in [-0.2, 0) is 20.7 Å². The van der Waals surface area contributed by atoms with Crippen molar-refractivity contribution in [3.63, 3.8) is 0 Å². The summed E-state index contributed by atoms with van der Waals surface area (Å²) in [7, 11) is 0. The Hall–Kier alpha value is -1.86. The summed E-state index contributed by atoms with van der Waals surface area (Å²) in [5.41, 5.74) is 1.79. The van der Waals surface area contributed by atoms with Gasteiger partial charge in [-0.2, -0.15) is 0 Å². The van der Waals surface area contributed by atoms with Crippen LogP contribution in [-0.4, -0.2) is 28.7 Å². The maximum atomic E-state index is 12.3. The van der Waals surface area contributed by atoms with E-state index in [4.69, 9.17) is 4.74 Å². The van der Waals surface area contributed by atoms with Crippen LogP contribution in [0.5, 0.6) is 0 Å². The SMILES string of the molecule is CCOC(=O)Cc1csc(NC(=O)C(C)Sc2ccc(C)cc2)n1. The van der Waals surface area contributed by atoms with Gasteiger partial charge < -0.3 is 10.1 Å². The van der Waals surface area contributed by atoms with E-state index in [0.29, 0.717) is 17.4 Å². The second kappa shape index (κ2) is 8.84. The number of carbonyl (C=O) groups excluding carboxylic acids is 2. The number of hydrogen-bond acceptors (Lipinski definition) is 6. The van der Waals surface area contributed by atoms with Gasteiger partial charge in [-0.05, 0) is 32.9 Å². The average Bonchev–Trinajstić information content (AvgIpc) is 2.96. The molecule has 24 heavy (non-hydrogen) atoms. The van der Waals surface area contributed by atoms with Gasteiger partial charge in [0.2, 0.25) is 5.91 Å². The van der Waals surface area contributed by atoms with Crippen molar-refractivity contribution in [2.75, 3.05) is 11.9 Å². The van der Waals surface area contributed by atoms with Gasteiger partial charge in [0.25, 0.3) is 0 Å². The molecule has 2 rings (SSSR count). The molecule has 0 spiro atoms. The Kier molecular flexibility index (Phi) is 6.81. The third kappa shape index (κ3) is 5.65. The van der Waals surface area contributed by atoms with Gasteiger partial charge in [0.05, 0.1) is 24.0 Å². The van der Waals surface area contributed by atoms with Crippen LogP contribution in [0.4, 0.5) is 5.13 Å². The number of amides is 1. The topological polar surface area (TPSA) is 68.3 Å². The van der Waals surface area contributed by atoms with Gasteiger partial charge in [-0.25, -0.2) is 4.98 Å². The minimum atomic E-state index is -0.316. The molecule has 0 radical (unpaired) electrons. The maximum absolute atomic E-state index is 12.3. The van der Waals surface area contributed by atoms with Crippen molar-refractivity contribution >= 4 is 40.1 Å². The molecule has 1 unspecified atom stereocenters. The van der Waals surface area contributed by atoms with Crippen molar-refractivity contribution in [3.05, 3.63) is 40.9 Å². The molecule has 0 saturated carbocycles. The van der Waals surface area contributed by atoms with E-state index >= 15 is 0 Å². The number of thioether (sulfide) groups is 1. The first-order valence-corrected chi connectivity index (χ1v) is 9.38. The number of nitrogens with zero attached hydrogens (tertiary/aromatic N) is 1. The zero-order chi connectivity index (χ0) is 17.5. The third-order valence-corrected chi connectivity index (χ3v) is 5.03. The van der Waals surface area contributed by atoms with E-state index in [9.17, 15) is 9.59 Å². The van der Waals surface area contributed by atoms with E-state index in [2.05, 4.69) is 10.3 Å². The van der Waals surface area contributed by atoms with E-state index in [1.165, 1.54) is 28.7 Å². The van der Waals surface area contributed by atoms with Gasteiger partial charge in [-0.15, -0.1) is 23.1 Å². The molecule has 0 fully saturated rings. The zero-order valence-corrected chi connectivity index (χ0v) is 15.5. The molecule has 0 aliphatic heterocycles. The van der Waals surface area contributed by atoms with Crippen molar-refractivity contribution in [1.29, 1.82) is 0 Å². The lowest BCUT2D eigenvalue weighted by molar-refractivity contribution is -0.142. The summed E-state index contributed by atoms with van der Waals surface area (Å²) in [6.07, 6.45) is 0.119. The minimum Gasteiger partial charge on any atom is -0.466 e. The van der Waals surface area contributed by atoms with Crippen molar-refractivity contribution in [3.8, 4) is 0 Å². The van der Waals surface area contributed by atoms with Gasteiger partial charge in [0.15, 0.2) is 5.13 Å². The van der Waals surface area contributed by atoms with Crippen molar-refractivity contribution in [2.24, 2.45) is 0 Å². The van der Waals surface area contributed by atoms with Crippen LogP contribution >= 0.6 is 23.1 Å². The minimum absolute atomic E-state index is 0.113. The summed E-state index contributed by atoms with van der Waals surface area (Å²) in [6.45, 7) is 5.99. The molecule has 1 amide bonds. The first-order chi connectivity index (χ1) is 11.5. The smallest absolute Gasteiger partial charge is 0.311 e. The Morgan fingerprint density at radius 1 is 1.33 bits per heavy atom. The number of hydrogen-bond donors (Lipinski definition) is 1. The molecular weight excluding hydrogens is 344 g/mol. The van der Waals surface area contributed by atoms with Gasteiger partial charge in [-0.1, -0.05) is 17.7 Å². The van der Waals surface area contributed by atoms with E-state index in [1.54, 1.807) is 12.3 Å². The number of carbonyl (C=O) groups is 2. The van der Waals surface area contributed by atoms with Gasteiger partial charge in [0, 0.05) is 10.3 Å². The molecule has 0 aliphatic carbocycles. The molecule has 1 atom stereocenters. The highest BCUT2D eigenvalue weighted by Gasteiger charge is 2.16. The summed E-state index contributed by atoms with van der Waals surface area (Å²) in [4.78, 5) is 29.0. The molecule has 2 aromatic rings. The molecule has 0 aliphatic rings. The van der Waals surface area contributed by atoms with E-state index < -0.39 is 0 Å². The molecule has 128 valence electrons. The molecule has 1 aromatic heterocycles. The van der Waals surface area contributed by atoms with Crippen LogP contribution in [0.2, 0.25) is 0 Å². The Morgan fingerprint density at radius 2 is 2.04 bits per heavy atom. The number of nitrogens with one attached hydrogen (secondary N) is 1. The molecule has 0 bridgehead atoms. The zero-order valence-electron chi connectivity index (χ0n) is 13.9. The fourth-order valence-corrected chi connectivity index (χ4v) is 3.47. The number of esters is 1. The Balaban J connectivity index is 1.88. The fraction of sp³-hybridized carbons (Fsp3) is 0.353. The molecule has 1 aromatic carbocycles. The Morgan fingerprint density at radius 3 is 2.71 bits per heavy atom. The van der Waals surface area contributed by atoms with Crippen LogP contribution in [0.3, 0.4) is 0 Å². The fourth-order valence-electron chi connectivity index (χ4n) is 1.89.